The zero-order chi connectivity index (χ0) is 20.4. The Balaban J connectivity index is 1.67. The monoisotopic (exact) mass is 460 g/mol. The van der Waals surface area contributed by atoms with Crippen LogP contribution in [0.15, 0.2) is 41.1 Å². The standard InChI is InChI=1S/C21H22BrFN4O2/c1-13(27-7-3-4-8-27)29-20-11-18-15(10-19(20)28-2)21(25-12-24-18)26-17-6-5-14(22)9-16(17)23/h5-6,9-13H,3-4,7-8H2,1-2H3,(H,24,25,26). The van der Waals surface area contributed by atoms with Crippen molar-refractivity contribution in [1.29, 1.82) is 0 Å². The highest BCUT2D eigenvalue weighted by molar-refractivity contribution is 9.10. The fourth-order valence-electron chi connectivity index (χ4n) is 3.50. The molecule has 2 aromatic carbocycles. The van der Waals surface area contributed by atoms with Crippen molar-refractivity contribution >= 4 is 38.3 Å². The average Bonchev–Trinajstić information content (AvgIpc) is 3.25. The topological polar surface area (TPSA) is 59.5 Å². The van der Waals surface area contributed by atoms with Crippen molar-refractivity contribution < 1.29 is 13.9 Å². The Kier molecular flexibility index (Phi) is 5.82. The van der Waals surface area contributed by atoms with Gasteiger partial charge in [0.05, 0.1) is 18.3 Å². The normalized spacial score (nSPS) is 15.4. The summed E-state index contributed by atoms with van der Waals surface area (Å²) in [7, 11) is 1.60. The van der Waals surface area contributed by atoms with Crippen molar-refractivity contribution in [1.82, 2.24) is 14.9 Å². The number of anilines is 2. The van der Waals surface area contributed by atoms with Gasteiger partial charge in [0.2, 0.25) is 0 Å². The van der Waals surface area contributed by atoms with Crippen molar-refractivity contribution in [2.45, 2.75) is 26.0 Å². The van der Waals surface area contributed by atoms with Gasteiger partial charge in [-0.3, -0.25) is 4.90 Å². The Bertz CT molecular complexity index is 1030. The lowest BCUT2D eigenvalue weighted by molar-refractivity contribution is 0.0569. The van der Waals surface area contributed by atoms with Crippen molar-refractivity contribution in [2.75, 3.05) is 25.5 Å². The number of fused-ring (bicyclic) bond motifs is 1. The number of methoxy groups -OCH3 is 1. The molecule has 1 saturated heterocycles. The van der Waals surface area contributed by atoms with Gasteiger partial charge in [0.15, 0.2) is 11.5 Å². The Labute approximate surface area is 177 Å². The van der Waals surface area contributed by atoms with E-state index in [1.165, 1.54) is 25.2 Å². The van der Waals surface area contributed by atoms with E-state index in [9.17, 15) is 4.39 Å². The summed E-state index contributed by atoms with van der Waals surface area (Å²) < 4.78 is 26.7. The van der Waals surface area contributed by atoms with Gasteiger partial charge in [0.25, 0.3) is 0 Å². The first-order valence-corrected chi connectivity index (χ1v) is 10.3. The molecule has 0 bridgehead atoms. The molecule has 0 spiro atoms. The molecule has 0 saturated carbocycles. The van der Waals surface area contributed by atoms with Crippen LogP contribution in [0, 0.1) is 5.82 Å². The maximum atomic E-state index is 14.3. The molecule has 1 aliphatic rings. The minimum absolute atomic E-state index is 0.0554. The van der Waals surface area contributed by atoms with Gasteiger partial charge in [-0.05, 0) is 44.0 Å². The van der Waals surface area contributed by atoms with Gasteiger partial charge in [-0.1, -0.05) is 15.9 Å². The summed E-state index contributed by atoms with van der Waals surface area (Å²) in [6.45, 7) is 4.11. The van der Waals surface area contributed by atoms with Crippen LogP contribution in [0.2, 0.25) is 0 Å². The summed E-state index contributed by atoms with van der Waals surface area (Å²) in [5.41, 5.74) is 1.01. The Hall–Kier alpha value is -2.45. The van der Waals surface area contributed by atoms with E-state index >= 15 is 0 Å². The Morgan fingerprint density at radius 1 is 1.14 bits per heavy atom. The molecule has 0 aliphatic carbocycles. The molecule has 1 aromatic heterocycles. The van der Waals surface area contributed by atoms with Crippen LogP contribution in [-0.4, -0.2) is 41.3 Å². The highest BCUT2D eigenvalue weighted by atomic mass is 79.9. The molecule has 1 N–H and O–H groups in total. The molecule has 1 aliphatic heterocycles. The van der Waals surface area contributed by atoms with Crippen LogP contribution in [0.3, 0.4) is 0 Å². The zero-order valence-electron chi connectivity index (χ0n) is 16.3. The lowest BCUT2D eigenvalue weighted by Crippen LogP contribution is -2.34. The van der Waals surface area contributed by atoms with E-state index < -0.39 is 0 Å². The predicted molar refractivity (Wildman–Crippen MR) is 114 cm³/mol. The average molecular weight is 461 g/mol. The minimum Gasteiger partial charge on any atom is -0.493 e. The summed E-state index contributed by atoms with van der Waals surface area (Å²) in [6, 6.07) is 8.48. The van der Waals surface area contributed by atoms with E-state index in [1.54, 1.807) is 19.2 Å². The summed E-state index contributed by atoms with van der Waals surface area (Å²) in [5.74, 6) is 1.32. The molecule has 4 rings (SSSR count). The van der Waals surface area contributed by atoms with Gasteiger partial charge in [-0.15, -0.1) is 0 Å². The van der Waals surface area contributed by atoms with Crippen LogP contribution in [0.5, 0.6) is 11.5 Å². The molecule has 3 aromatic rings. The molecule has 152 valence electrons. The largest absolute Gasteiger partial charge is 0.493 e. The third-order valence-electron chi connectivity index (χ3n) is 5.06. The van der Waals surface area contributed by atoms with E-state index in [4.69, 9.17) is 9.47 Å². The van der Waals surface area contributed by atoms with Crippen molar-refractivity contribution in [3.63, 3.8) is 0 Å². The number of benzene rings is 2. The SMILES string of the molecule is COc1cc2c(Nc3ccc(Br)cc3F)ncnc2cc1OC(C)N1CCCC1. The number of nitrogens with one attached hydrogen (secondary N) is 1. The zero-order valence-corrected chi connectivity index (χ0v) is 17.9. The molecule has 0 amide bonds. The van der Waals surface area contributed by atoms with Gasteiger partial charge >= 0.3 is 0 Å². The van der Waals surface area contributed by atoms with Crippen molar-refractivity contribution in [2.24, 2.45) is 0 Å². The third-order valence-corrected chi connectivity index (χ3v) is 5.55. The number of halogens is 2. The van der Waals surface area contributed by atoms with Crippen LogP contribution in [0.1, 0.15) is 19.8 Å². The van der Waals surface area contributed by atoms with Crippen molar-refractivity contribution in [3.05, 3.63) is 46.9 Å². The summed E-state index contributed by atoms with van der Waals surface area (Å²) in [4.78, 5) is 10.9. The number of hydrogen-bond acceptors (Lipinski definition) is 6. The number of nitrogens with zero attached hydrogens (tertiary/aromatic N) is 3. The maximum absolute atomic E-state index is 14.3. The number of rotatable bonds is 6. The van der Waals surface area contributed by atoms with Gasteiger partial charge in [0, 0.05) is 29.0 Å². The molecule has 6 nitrogen and oxygen atoms in total. The number of aromatic nitrogens is 2. The molecular formula is C21H22BrFN4O2. The Morgan fingerprint density at radius 2 is 1.93 bits per heavy atom. The van der Waals surface area contributed by atoms with Crippen molar-refractivity contribution in [3.8, 4) is 11.5 Å². The second kappa shape index (κ2) is 8.51. The fourth-order valence-corrected chi connectivity index (χ4v) is 3.83. The number of likely N-dealkylation sites (tertiary alicyclic amines) is 1. The smallest absolute Gasteiger partial charge is 0.165 e. The van der Waals surface area contributed by atoms with Crippen LogP contribution in [-0.2, 0) is 0 Å². The molecule has 1 fully saturated rings. The third kappa shape index (κ3) is 4.28. The molecule has 29 heavy (non-hydrogen) atoms. The number of ether oxygens (including phenoxy) is 2. The molecule has 1 atom stereocenters. The first-order chi connectivity index (χ1) is 14.0. The maximum Gasteiger partial charge on any atom is 0.165 e. The molecule has 8 heteroatoms. The molecule has 2 heterocycles. The highest BCUT2D eigenvalue weighted by Crippen LogP contribution is 2.36. The van der Waals surface area contributed by atoms with Gasteiger partial charge in [-0.2, -0.15) is 0 Å². The lowest BCUT2D eigenvalue weighted by Gasteiger charge is -2.25. The van der Waals surface area contributed by atoms with E-state index in [-0.39, 0.29) is 12.0 Å². The van der Waals surface area contributed by atoms with Crippen LogP contribution < -0.4 is 14.8 Å². The molecular weight excluding hydrogens is 439 g/mol. The van der Waals surface area contributed by atoms with Crippen LogP contribution >= 0.6 is 15.9 Å². The Morgan fingerprint density at radius 3 is 2.66 bits per heavy atom. The summed E-state index contributed by atoms with van der Waals surface area (Å²) >= 11 is 3.26. The lowest BCUT2D eigenvalue weighted by atomic mass is 10.2. The van der Waals surface area contributed by atoms with Gasteiger partial charge < -0.3 is 14.8 Å². The molecule has 1 unspecified atom stereocenters. The second-order valence-corrected chi connectivity index (χ2v) is 7.87. The van der Waals surface area contributed by atoms with Crippen LogP contribution in [0.4, 0.5) is 15.9 Å². The quantitative estimate of drug-likeness (QED) is 0.551. The first kappa shape index (κ1) is 19.8. The molecule has 0 radical (unpaired) electrons. The fraction of sp³-hybridized carbons (Fsp3) is 0.333. The second-order valence-electron chi connectivity index (χ2n) is 6.95. The summed E-state index contributed by atoms with van der Waals surface area (Å²) in [6.07, 6.45) is 3.77. The van der Waals surface area contributed by atoms with Gasteiger partial charge in [-0.25, -0.2) is 14.4 Å². The summed E-state index contributed by atoms with van der Waals surface area (Å²) in [5, 5.41) is 3.76. The van der Waals surface area contributed by atoms with E-state index in [0.29, 0.717) is 38.4 Å². The minimum atomic E-state index is -0.377. The van der Waals surface area contributed by atoms with E-state index in [0.717, 1.165) is 13.1 Å². The highest BCUT2D eigenvalue weighted by Gasteiger charge is 2.21. The predicted octanol–water partition coefficient (Wildman–Crippen LogP) is 5.10. The number of hydrogen-bond donors (Lipinski definition) is 1. The van der Waals surface area contributed by atoms with E-state index in [1.807, 2.05) is 19.1 Å². The first-order valence-electron chi connectivity index (χ1n) is 9.50. The van der Waals surface area contributed by atoms with E-state index in [2.05, 4.69) is 36.1 Å². The van der Waals surface area contributed by atoms with Gasteiger partial charge in [0.1, 0.15) is 24.2 Å². The van der Waals surface area contributed by atoms with Crippen LogP contribution in [0.25, 0.3) is 10.9 Å².